The molecule has 1 nitrogen and oxygen atoms in total. The molecular formula is C14H18F2O. The van der Waals surface area contributed by atoms with Crippen molar-refractivity contribution in [2.45, 2.75) is 38.5 Å². The van der Waals surface area contributed by atoms with Gasteiger partial charge in [-0.1, -0.05) is 25.3 Å². The van der Waals surface area contributed by atoms with E-state index in [4.69, 9.17) is 0 Å². The van der Waals surface area contributed by atoms with Crippen molar-refractivity contribution in [1.29, 1.82) is 0 Å². The van der Waals surface area contributed by atoms with Crippen molar-refractivity contribution in [3.63, 3.8) is 0 Å². The zero-order chi connectivity index (χ0) is 12.3. The van der Waals surface area contributed by atoms with Gasteiger partial charge in [0.1, 0.15) is 11.6 Å². The number of benzene rings is 1. The largest absolute Gasteiger partial charge is 0.396 e. The maximum Gasteiger partial charge on any atom is 0.129 e. The number of hydrogen-bond donors (Lipinski definition) is 1. The van der Waals surface area contributed by atoms with Crippen LogP contribution < -0.4 is 0 Å². The minimum atomic E-state index is -0.497. The molecule has 0 aromatic heterocycles. The van der Waals surface area contributed by atoms with Gasteiger partial charge in [0.2, 0.25) is 0 Å². The number of aliphatic hydroxyl groups is 1. The summed E-state index contributed by atoms with van der Waals surface area (Å²) >= 11 is 0. The van der Waals surface area contributed by atoms with Crippen LogP contribution in [-0.4, -0.2) is 11.7 Å². The van der Waals surface area contributed by atoms with E-state index < -0.39 is 11.6 Å². The van der Waals surface area contributed by atoms with Crippen LogP contribution in [0.5, 0.6) is 0 Å². The van der Waals surface area contributed by atoms with Crippen LogP contribution in [0.4, 0.5) is 8.78 Å². The van der Waals surface area contributed by atoms with Crippen molar-refractivity contribution in [3.05, 3.63) is 35.4 Å². The van der Waals surface area contributed by atoms with Crippen molar-refractivity contribution < 1.29 is 13.9 Å². The van der Waals surface area contributed by atoms with Crippen molar-refractivity contribution in [1.82, 2.24) is 0 Å². The van der Waals surface area contributed by atoms with E-state index in [0.29, 0.717) is 6.42 Å². The fourth-order valence-electron chi connectivity index (χ4n) is 2.77. The van der Waals surface area contributed by atoms with Gasteiger partial charge in [-0.2, -0.15) is 0 Å². The molecule has 17 heavy (non-hydrogen) atoms. The molecule has 2 rings (SSSR count). The standard InChI is InChI=1S/C14H18F2O/c15-12-5-4-6-13(16)11(12)9-14(10-17)7-2-1-3-8-14/h4-6,17H,1-3,7-10H2. The van der Waals surface area contributed by atoms with Gasteiger partial charge in [0.15, 0.2) is 0 Å². The van der Waals surface area contributed by atoms with E-state index in [0.717, 1.165) is 32.1 Å². The molecule has 0 amide bonds. The van der Waals surface area contributed by atoms with Crippen molar-refractivity contribution in [2.24, 2.45) is 5.41 Å². The highest BCUT2D eigenvalue weighted by Gasteiger charge is 2.33. The molecule has 0 spiro atoms. The molecule has 1 aliphatic rings. The zero-order valence-electron chi connectivity index (χ0n) is 9.88. The summed E-state index contributed by atoms with van der Waals surface area (Å²) in [6.45, 7) is 0.0147. The summed E-state index contributed by atoms with van der Waals surface area (Å²) in [7, 11) is 0. The van der Waals surface area contributed by atoms with Crippen molar-refractivity contribution in [2.75, 3.05) is 6.61 Å². The van der Waals surface area contributed by atoms with Crippen LogP contribution in [0.15, 0.2) is 18.2 Å². The number of halogens is 2. The molecule has 0 heterocycles. The second-order valence-corrected chi connectivity index (χ2v) is 5.10. The van der Waals surface area contributed by atoms with E-state index in [1.165, 1.54) is 18.2 Å². The maximum absolute atomic E-state index is 13.6. The Morgan fingerprint density at radius 1 is 1.06 bits per heavy atom. The van der Waals surface area contributed by atoms with Gasteiger partial charge in [-0.25, -0.2) is 8.78 Å². The second kappa shape index (κ2) is 5.13. The molecule has 0 atom stereocenters. The molecule has 1 aliphatic carbocycles. The van der Waals surface area contributed by atoms with E-state index in [1.54, 1.807) is 0 Å². The Morgan fingerprint density at radius 3 is 2.18 bits per heavy atom. The van der Waals surface area contributed by atoms with E-state index in [2.05, 4.69) is 0 Å². The summed E-state index contributed by atoms with van der Waals surface area (Å²) in [6, 6.07) is 3.94. The lowest BCUT2D eigenvalue weighted by Gasteiger charge is -2.35. The fourth-order valence-corrected chi connectivity index (χ4v) is 2.77. The summed E-state index contributed by atoms with van der Waals surface area (Å²) < 4.78 is 27.2. The second-order valence-electron chi connectivity index (χ2n) is 5.10. The first-order valence-corrected chi connectivity index (χ1v) is 6.21. The van der Waals surface area contributed by atoms with Crippen molar-refractivity contribution >= 4 is 0 Å². The monoisotopic (exact) mass is 240 g/mol. The van der Waals surface area contributed by atoms with E-state index in [1.807, 2.05) is 0 Å². The van der Waals surface area contributed by atoms with Gasteiger partial charge >= 0.3 is 0 Å². The Balaban J connectivity index is 2.23. The van der Waals surface area contributed by atoms with Crippen LogP contribution in [0.2, 0.25) is 0 Å². The van der Waals surface area contributed by atoms with Gasteiger partial charge < -0.3 is 5.11 Å². The van der Waals surface area contributed by atoms with Crippen LogP contribution in [-0.2, 0) is 6.42 Å². The Labute approximate surface area is 100 Å². The molecular weight excluding hydrogens is 222 g/mol. The molecule has 1 N–H and O–H groups in total. The first kappa shape index (κ1) is 12.5. The molecule has 1 fully saturated rings. The number of rotatable bonds is 3. The highest BCUT2D eigenvalue weighted by molar-refractivity contribution is 5.21. The van der Waals surface area contributed by atoms with Gasteiger partial charge in [0.05, 0.1) is 0 Å². The topological polar surface area (TPSA) is 20.2 Å². The minimum absolute atomic E-state index is 0.0147. The Hall–Kier alpha value is -0.960. The first-order valence-electron chi connectivity index (χ1n) is 6.21. The average molecular weight is 240 g/mol. The summed E-state index contributed by atoms with van der Waals surface area (Å²) in [4.78, 5) is 0. The lowest BCUT2D eigenvalue weighted by Crippen LogP contribution is -2.31. The highest BCUT2D eigenvalue weighted by atomic mass is 19.1. The van der Waals surface area contributed by atoms with Gasteiger partial charge in [-0.05, 0) is 36.8 Å². The summed E-state index contributed by atoms with van der Waals surface area (Å²) in [6.07, 6.45) is 5.26. The van der Waals surface area contributed by atoms with Crippen LogP contribution in [0.25, 0.3) is 0 Å². The Morgan fingerprint density at radius 2 is 1.65 bits per heavy atom. The van der Waals surface area contributed by atoms with Crippen LogP contribution in [0, 0.1) is 17.0 Å². The summed E-state index contributed by atoms with van der Waals surface area (Å²) in [5.74, 6) is -0.994. The molecule has 0 aliphatic heterocycles. The molecule has 1 aromatic rings. The molecule has 0 radical (unpaired) electrons. The zero-order valence-corrected chi connectivity index (χ0v) is 9.88. The van der Waals surface area contributed by atoms with Gasteiger partial charge in [0.25, 0.3) is 0 Å². The third kappa shape index (κ3) is 2.65. The van der Waals surface area contributed by atoms with Crippen LogP contribution in [0.1, 0.15) is 37.7 Å². The smallest absolute Gasteiger partial charge is 0.129 e. The Kier molecular flexibility index (Phi) is 3.77. The van der Waals surface area contributed by atoms with E-state index in [9.17, 15) is 13.9 Å². The summed E-state index contributed by atoms with van der Waals surface area (Å²) in [5, 5.41) is 9.54. The lowest BCUT2D eigenvalue weighted by atomic mass is 9.71. The van der Waals surface area contributed by atoms with Gasteiger partial charge in [-0.15, -0.1) is 0 Å². The SMILES string of the molecule is OCC1(Cc2c(F)cccc2F)CCCCC1. The molecule has 0 bridgehead atoms. The minimum Gasteiger partial charge on any atom is -0.396 e. The van der Waals surface area contributed by atoms with Crippen molar-refractivity contribution in [3.8, 4) is 0 Å². The third-order valence-electron chi connectivity index (χ3n) is 3.86. The van der Waals surface area contributed by atoms with Crippen LogP contribution >= 0.6 is 0 Å². The normalized spacial score (nSPS) is 19.2. The predicted octanol–water partition coefficient (Wildman–Crippen LogP) is 3.45. The highest BCUT2D eigenvalue weighted by Crippen LogP contribution is 2.39. The Bertz CT molecular complexity index is 364. The number of hydrogen-bond acceptors (Lipinski definition) is 1. The molecule has 3 heteroatoms. The summed E-state index contributed by atoms with van der Waals surface area (Å²) in [5.41, 5.74) is -0.190. The van der Waals surface area contributed by atoms with E-state index in [-0.39, 0.29) is 17.6 Å². The molecule has 94 valence electrons. The number of aliphatic hydroxyl groups excluding tert-OH is 1. The predicted molar refractivity (Wildman–Crippen MR) is 62.7 cm³/mol. The molecule has 0 saturated heterocycles. The first-order chi connectivity index (χ1) is 8.17. The van der Waals surface area contributed by atoms with Gasteiger partial charge in [0, 0.05) is 12.2 Å². The molecule has 1 aromatic carbocycles. The van der Waals surface area contributed by atoms with E-state index >= 15 is 0 Å². The quantitative estimate of drug-likeness (QED) is 0.858. The fraction of sp³-hybridized carbons (Fsp3) is 0.571. The third-order valence-corrected chi connectivity index (χ3v) is 3.86. The average Bonchev–Trinajstić information content (AvgIpc) is 2.35. The van der Waals surface area contributed by atoms with Crippen LogP contribution in [0.3, 0.4) is 0 Å². The molecule has 1 saturated carbocycles. The molecule has 0 unspecified atom stereocenters. The lowest BCUT2D eigenvalue weighted by molar-refractivity contribution is 0.0806. The maximum atomic E-state index is 13.6. The van der Waals surface area contributed by atoms with Gasteiger partial charge in [-0.3, -0.25) is 0 Å².